The molecule has 5 heteroatoms. The summed E-state index contributed by atoms with van der Waals surface area (Å²) in [4.78, 5) is 23.1. The van der Waals surface area contributed by atoms with Gasteiger partial charge in [0.25, 0.3) is 5.91 Å². The molecule has 2 N–H and O–H groups in total. The summed E-state index contributed by atoms with van der Waals surface area (Å²) in [5, 5.41) is 11.7. The van der Waals surface area contributed by atoms with Crippen LogP contribution in [0.25, 0.3) is 0 Å². The van der Waals surface area contributed by atoms with Gasteiger partial charge in [-0.3, -0.25) is 9.59 Å². The highest BCUT2D eigenvalue weighted by molar-refractivity contribution is 5.95. The van der Waals surface area contributed by atoms with Gasteiger partial charge < -0.3 is 14.8 Å². The summed E-state index contributed by atoms with van der Waals surface area (Å²) in [6.07, 6.45) is 0.514. The maximum absolute atomic E-state index is 12.2. The second kappa shape index (κ2) is 6.11. The summed E-state index contributed by atoms with van der Waals surface area (Å²) >= 11 is 0. The van der Waals surface area contributed by atoms with Gasteiger partial charge >= 0.3 is 5.97 Å². The molecule has 1 atom stereocenters. The van der Waals surface area contributed by atoms with Crippen LogP contribution >= 0.6 is 0 Å². The Balaban J connectivity index is 2.81. The lowest BCUT2D eigenvalue weighted by atomic mass is 9.87. The molecule has 0 radical (unpaired) electrons. The Hall–Kier alpha value is -1.78. The zero-order valence-corrected chi connectivity index (χ0v) is 12.7. The van der Waals surface area contributed by atoms with Gasteiger partial charge in [0, 0.05) is 6.04 Å². The van der Waals surface area contributed by atoms with Crippen LogP contribution in [0, 0.1) is 19.3 Å². The Morgan fingerprint density at radius 2 is 1.95 bits per heavy atom. The summed E-state index contributed by atoms with van der Waals surface area (Å²) in [5.74, 6) is 0.0117. The first-order valence-electron chi connectivity index (χ1n) is 6.68. The Morgan fingerprint density at radius 1 is 1.35 bits per heavy atom. The molecule has 1 heterocycles. The number of hydrogen-bond donors (Lipinski definition) is 2. The van der Waals surface area contributed by atoms with Crippen LogP contribution in [0.5, 0.6) is 0 Å². The molecular weight excluding hydrogens is 258 g/mol. The van der Waals surface area contributed by atoms with Gasteiger partial charge in [-0.25, -0.2) is 0 Å². The molecule has 0 aromatic carbocycles. The molecule has 112 valence electrons. The highest BCUT2D eigenvalue weighted by atomic mass is 16.4. The molecule has 1 unspecified atom stereocenters. The molecule has 0 spiro atoms. The SMILES string of the molecule is Cc1cc(C(=O)NC(CC(=O)O)CC(C)(C)C)c(C)o1. The van der Waals surface area contributed by atoms with Crippen molar-refractivity contribution in [1.82, 2.24) is 5.32 Å². The first-order chi connectivity index (χ1) is 9.08. The zero-order valence-electron chi connectivity index (χ0n) is 12.7. The molecular formula is C15H23NO4. The second-order valence-corrected chi connectivity index (χ2v) is 6.36. The molecule has 0 aliphatic heterocycles. The van der Waals surface area contributed by atoms with Crippen molar-refractivity contribution in [3.05, 3.63) is 23.2 Å². The Bertz CT molecular complexity index is 496. The number of carbonyl (C=O) groups is 2. The molecule has 0 aliphatic rings. The number of rotatable bonds is 5. The summed E-state index contributed by atoms with van der Waals surface area (Å²) in [6, 6.07) is 1.27. The van der Waals surface area contributed by atoms with Crippen LogP contribution in [0.1, 0.15) is 55.5 Å². The Morgan fingerprint density at radius 3 is 2.35 bits per heavy atom. The number of carboxylic acids is 1. The third-order valence-electron chi connectivity index (χ3n) is 2.90. The average Bonchev–Trinajstić information content (AvgIpc) is 2.53. The second-order valence-electron chi connectivity index (χ2n) is 6.36. The van der Waals surface area contributed by atoms with Gasteiger partial charge in [0.05, 0.1) is 12.0 Å². The minimum atomic E-state index is -0.917. The number of aliphatic carboxylic acids is 1. The van der Waals surface area contributed by atoms with Crippen molar-refractivity contribution in [3.63, 3.8) is 0 Å². The number of hydrogen-bond acceptors (Lipinski definition) is 3. The van der Waals surface area contributed by atoms with E-state index in [1.165, 1.54) is 0 Å². The third kappa shape index (κ3) is 5.07. The lowest BCUT2D eigenvalue weighted by molar-refractivity contribution is -0.137. The Labute approximate surface area is 119 Å². The molecule has 0 aliphatic carbocycles. The largest absolute Gasteiger partial charge is 0.481 e. The maximum Gasteiger partial charge on any atom is 0.305 e. The van der Waals surface area contributed by atoms with Gasteiger partial charge in [0.1, 0.15) is 11.5 Å². The van der Waals surface area contributed by atoms with Gasteiger partial charge in [-0.2, -0.15) is 0 Å². The molecule has 0 saturated carbocycles. The van der Waals surface area contributed by atoms with E-state index in [1.54, 1.807) is 19.9 Å². The van der Waals surface area contributed by atoms with Crippen LogP contribution < -0.4 is 5.32 Å². The van der Waals surface area contributed by atoms with E-state index in [4.69, 9.17) is 9.52 Å². The Kier molecular flexibility index (Phi) is 4.98. The van der Waals surface area contributed by atoms with Crippen molar-refractivity contribution in [2.75, 3.05) is 0 Å². The van der Waals surface area contributed by atoms with Crippen molar-refractivity contribution < 1.29 is 19.1 Å². The van der Waals surface area contributed by atoms with Crippen molar-refractivity contribution in [2.45, 2.75) is 53.5 Å². The fraction of sp³-hybridized carbons (Fsp3) is 0.600. The van der Waals surface area contributed by atoms with Crippen molar-refractivity contribution in [1.29, 1.82) is 0 Å². The van der Waals surface area contributed by atoms with E-state index in [0.717, 1.165) is 0 Å². The summed E-state index contributed by atoms with van der Waals surface area (Å²) < 4.78 is 5.32. The summed E-state index contributed by atoms with van der Waals surface area (Å²) in [6.45, 7) is 9.54. The van der Waals surface area contributed by atoms with Crippen molar-refractivity contribution >= 4 is 11.9 Å². The van der Waals surface area contributed by atoms with Crippen molar-refractivity contribution in [2.24, 2.45) is 5.41 Å². The first kappa shape index (κ1) is 16.3. The van der Waals surface area contributed by atoms with Crippen LogP contribution in [0.2, 0.25) is 0 Å². The van der Waals surface area contributed by atoms with E-state index >= 15 is 0 Å². The minimum Gasteiger partial charge on any atom is -0.481 e. The predicted molar refractivity (Wildman–Crippen MR) is 75.8 cm³/mol. The van der Waals surface area contributed by atoms with E-state index in [-0.39, 0.29) is 17.7 Å². The quantitative estimate of drug-likeness (QED) is 0.869. The number of aryl methyl sites for hydroxylation is 2. The highest BCUT2D eigenvalue weighted by Crippen LogP contribution is 2.23. The van der Waals surface area contributed by atoms with Crippen LogP contribution in [0.4, 0.5) is 0 Å². The maximum atomic E-state index is 12.2. The number of carboxylic acid groups (broad SMARTS) is 1. The molecule has 1 aromatic rings. The number of amides is 1. The molecule has 1 amide bonds. The van der Waals surface area contributed by atoms with E-state index in [2.05, 4.69) is 5.32 Å². The normalized spacial score (nSPS) is 13.1. The molecule has 0 saturated heterocycles. The van der Waals surface area contributed by atoms with Gasteiger partial charge in [-0.05, 0) is 31.7 Å². The molecule has 20 heavy (non-hydrogen) atoms. The van der Waals surface area contributed by atoms with Crippen molar-refractivity contribution in [3.8, 4) is 0 Å². The molecule has 1 aromatic heterocycles. The zero-order chi connectivity index (χ0) is 15.5. The lowest BCUT2D eigenvalue weighted by Crippen LogP contribution is -2.39. The number of furan rings is 1. The fourth-order valence-electron chi connectivity index (χ4n) is 2.24. The third-order valence-corrected chi connectivity index (χ3v) is 2.90. The van der Waals surface area contributed by atoms with Gasteiger partial charge in [-0.15, -0.1) is 0 Å². The van der Waals surface area contributed by atoms with E-state index in [0.29, 0.717) is 23.5 Å². The van der Waals surface area contributed by atoms with Gasteiger partial charge in [0.2, 0.25) is 0 Å². The van der Waals surface area contributed by atoms with Crippen LogP contribution in [-0.2, 0) is 4.79 Å². The predicted octanol–water partition coefficient (Wildman–Crippen LogP) is 2.91. The van der Waals surface area contributed by atoms with E-state index in [9.17, 15) is 9.59 Å². The summed E-state index contributed by atoms with van der Waals surface area (Å²) in [5.41, 5.74) is 0.404. The highest BCUT2D eigenvalue weighted by Gasteiger charge is 2.24. The van der Waals surface area contributed by atoms with Crippen LogP contribution in [0.3, 0.4) is 0 Å². The number of nitrogens with one attached hydrogen (secondary N) is 1. The fourth-order valence-corrected chi connectivity index (χ4v) is 2.24. The first-order valence-corrected chi connectivity index (χ1v) is 6.68. The van der Waals surface area contributed by atoms with Gasteiger partial charge in [0.15, 0.2) is 0 Å². The monoisotopic (exact) mass is 281 g/mol. The molecule has 0 bridgehead atoms. The average molecular weight is 281 g/mol. The van der Waals surface area contributed by atoms with Crippen LogP contribution in [0.15, 0.2) is 10.5 Å². The smallest absolute Gasteiger partial charge is 0.305 e. The lowest BCUT2D eigenvalue weighted by Gasteiger charge is -2.25. The molecule has 1 rings (SSSR count). The van der Waals surface area contributed by atoms with Gasteiger partial charge in [-0.1, -0.05) is 20.8 Å². The number of carbonyl (C=O) groups excluding carboxylic acids is 1. The minimum absolute atomic E-state index is 0.0608. The molecule has 5 nitrogen and oxygen atoms in total. The van der Waals surface area contributed by atoms with E-state index in [1.807, 2.05) is 20.8 Å². The summed E-state index contributed by atoms with van der Waals surface area (Å²) in [7, 11) is 0. The van der Waals surface area contributed by atoms with Crippen LogP contribution in [-0.4, -0.2) is 23.0 Å². The molecule has 0 fully saturated rings. The topological polar surface area (TPSA) is 79.5 Å². The standard InChI is InChI=1S/C15H23NO4/c1-9-6-12(10(2)20-9)14(19)16-11(7-13(17)18)8-15(3,4)5/h6,11H,7-8H2,1-5H3,(H,16,19)(H,17,18). The van der Waals surface area contributed by atoms with E-state index < -0.39 is 12.0 Å².